The van der Waals surface area contributed by atoms with E-state index in [0.717, 1.165) is 29.0 Å². The maximum absolute atomic E-state index is 12.5. The Balaban J connectivity index is 2.11. The fraction of sp³-hybridized carbons (Fsp3) is 0.167. The molecule has 0 aliphatic rings. The molecule has 0 radical (unpaired) electrons. The van der Waals surface area contributed by atoms with Crippen LogP contribution in [0.4, 0.5) is 13.2 Å². The molecule has 3 rings (SSSR count). The minimum absolute atomic E-state index is 0.620. The summed E-state index contributed by atoms with van der Waals surface area (Å²) in [5, 5.41) is 7.60. The molecule has 1 aromatic carbocycles. The van der Waals surface area contributed by atoms with Crippen LogP contribution in [0.15, 0.2) is 30.9 Å². The molecule has 0 aliphatic heterocycles. The Labute approximate surface area is 105 Å². The van der Waals surface area contributed by atoms with Crippen molar-refractivity contribution in [3.8, 4) is 5.69 Å². The molecule has 0 unspecified atom stereocenters. The Hall–Kier alpha value is -2.31. The van der Waals surface area contributed by atoms with Crippen molar-refractivity contribution < 1.29 is 13.2 Å². The fourth-order valence-corrected chi connectivity index (χ4v) is 1.98. The lowest BCUT2D eigenvalue weighted by Crippen LogP contribution is -2.04. The number of aryl methyl sites for hydroxylation is 1. The summed E-state index contributed by atoms with van der Waals surface area (Å²) >= 11 is 0. The molecule has 0 bridgehead atoms. The first kappa shape index (κ1) is 11.8. The van der Waals surface area contributed by atoms with Crippen LogP contribution in [0.25, 0.3) is 16.6 Å². The topological polar surface area (TPSA) is 46.5 Å². The lowest BCUT2D eigenvalue weighted by atomic mass is 10.1. The molecule has 1 N–H and O–H groups in total. The molecule has 0 saturated heterocycles. The van der Waals surface area contributed by atoms with Crippen LogP contribution in [-0.2, 0) is 6.18 Å². The summed E-state index contributed by atoms with van der Waals surface area (Å²) < 4.78 is 38.9. The van der Waals surface area contributed by atoms with E-state index in [4.69, 9.17) is 0 Å². The molecule has 19 heavy (non-hydrogen) atoms. The van der Waals surface area contributed by atoms with Gasteiger partial charge in [0.1, 0.15) is 0 Å². The number of hydrogen-bond acceptors (Lipinski definition) is 2. The highest BCUT2D eigenvalue weighted by atomic mass is 19.4. The van der Waals surface area contributed by atoms with Gasteiger partial charge in [-0.15, -0.1) is 0 Å². The Morgan fingerprint density at radius 1 is 1.26 bits per heavy atom. The molecule has 0 saturated carbocycles. The van der Waals surface area contributed by atoms with E-state index in [0.29, 0.717) is 5.69 Å². The molecule has 2 heterocycles. The molecular formula is C12H9F3N4. The minimum atomic E-state index is -4.43. The second kappa shape index (κ2) is 3.84. The number of aromatic nitrogens is 4. The average Bonchev–Trinajstić information content (AvgIpc) is 2.96. The molecule has 3 aromatic rings. The first-order valence-corrected chi connectivity index (χ1v) is 5.50. The van der Waals surface area contributed by atoms with Gasteiger partial charge in [0, 0.05) is 17.3 Å². The number of halogens is 3. The van der Waals surface area contributed by atoms with Gasteiger partial charge in [-0.1, -0.05) is 0 Å². The fourth-order valence-electron chi connectivity index (χ4n) is 1.98. The summed E-state index contributed by atoms with van der Waals surface area (Å²) in [5.74, 6) is 0. The Morgan fingerprint density at radius 3 is 2.74 bits per heavy atom. The Morgan fingerprint density at radius 2 is 2.05 bits per heavy atom. The van der Waals surface area contributed by atoms with E-state index < -0.39 is 11.9 Å². The van der Waals surface area contributed by atoms with Gasteiger partial charge < -0.3 is 4.57 Å². The Bertz CT molecular complexity index is 739. The molecule has 4 nitrogen and oxygen atoms in total. The van der Waals surface area contributed by atoms with E-state index >= 15 is 0 Å². The van der Waals surface area contributed by atoms with E-state index in [9.17, 15) is 13.2 Å². The summed E-state index contributed by atoms with van der Waals surface area (Å²) in [6, 6.07) is 3.54. The number of aromatic amines is 1. The third-order valence-corrected chi connectivity index (χ3v) is 2.90. The predicted molar refractivity (Wildman–Crippen MR) is 63.0 cm³/mol. The van der Waals surface area contributed by atoms with Crippen molar-refractivity contribution >= 4 is 10.9 Å². The van der Waals surface area contributed by atoms with Crippen molar-refractivity contribution in [1.82, 2.24) is 19.7 Å². The van der Waals surface area contributed by atoms with Crippen LogP contribution < -0.4 is 0 Å². The summed E-state index contributed by atoms with van der Waals surface area (Å²) in [6.07, 6.45) is -0.669. The van der Waals surface area contributed by atoms with Crippen LogP contribution in [0.2, 0.25) is 0 Å². The van der Waals surface area contributed by atoms with Crippen molar-refractivity contribution in [2.24, 2.45) is 0 Å². The normalized spacial score (nSPS) is 12.2. The van der Waals surface area contributed by atoms with E-state index in [-0.39, 0.29) is 0 Å². The van der Waals surface area contributed by atoms with Crippen molar-refractivity contribution in [1.29, 1.82) is 0 Å². The monoisotopic (exact) mass is 266 g/mol. The molecule has 0 atom stereocenters. The molecule has 0 spiro atoms. The number of H-pyrrole nitrogens is 1. The van der Waals surface area contributed by atoms with Crippen molar-refractivity contribution in [3.63, 3.8) is 0 Å². The molecule has 0 amide bonds. The Kier molecular flexibility index (Phi) is 2.38. The second-order valence-electron chi connectivity index (χ2n) is 4.26. The lowest BCUT2D eigenvalue weighted by molar-refractivity contribution is -0.140. The third kappa shape index (κ3) is 1.96. The van der Waals surface area contributed by atoms with Gasteiger partial charge in [-0.2, -0.15) is 18.3 Å². The van der Waals surface area contributed by atoms with Gasteiger partial charge in [0.25, 0.3) is 0 Å². The van der Waals surface area contributed by atoms with E-state index in [1.807, 2.05) is 6.92 Å². The van der Waals surface area contributed by atoms with Crippen LogP contribution in [0, 0.1) is 6.92 Å². The highest BCUT2D eigenvalue weighted by molar-refractivity contribution is 5.83. The van der Waals surface area contributed by atoms with Gasteiger partial charge in [-0.3, -0.25) is 5.10 Å². The van der Waals surface area contributed by atoms with Crippen LogP contribution in [0.5, 0.6) is 0 Å². The number of nitrogens with one attached hydrogen (secondary N) is 1. The maximum Gasteiger partial charge on any atom is 0.434 e. The van der Waals surface area contributed by atoms with E-state index in [2.05, 4.69) is 15.2 Å². The van der Waals surface area contributed by atoms with Crippen LogP contribution in [0.1, 0.15) is 11.3 Å². The summed E-state index contributed by atoms with van der Waals surface area (Å²) in [4.78, 5) is 3.38. The quantitative estimate of drug-likeness (QED) is 0.735. The molecule has 0 aliphatic carbocycles. The molecule has 98 valence electrons. The summed E-state index contributed by atoms with van der Waals surface area (Å²) in [5.41, 5.74) is 1.50. The zero-order valence-electron chi connectivity index (χ0n) is 9.86. The number of nitrogens with zero attached hydrogens (tertiary/aromatic N) is 3. The minimum Gasteiger partial charge on any atom is -0.306 e. The second-order valence-corrected chi connectivity index (χ2v) is 4.26. The van der Waals surface area contributed by atoms with Crippen molar-refractivity contribution in [2.75, 3.05) is 0 Å². The van der Waals surface area contributed by atoms with Crippen LogP contribution >= 0.6 is 0 Å². The zero-order chi connectivity index (χ0) is 13.6. The highest BCUT2D eigenvalue weighted by Gasteiger charge is 2.33. The smallest absolute Gasteiger partial charge is 0.306 e. The number of imidazole rings is 1. The van der Waals surface area contributed by atoms with E-state index in [1.54, 1.807) is 18.3 Å². The third-order valence-electron chi connectivity index (χ3n) is 2.90. The molecule has 7 heteroatoms. The van der Waals surface area contributed by atoms with Gasteiger partial charge in [0.05, 0.1) is 18.0 Å². The SMILES string of the molecule is Cc1cc(-n2cnc(C(F)(F)F)c2)cc2cn[nH]c12. The number of fused-ring (bicyclic) bond motifs is 1. The first-order valence-electron chi connectivity index (χ1n) is 5.50. The average molecular weight is 266 g/mol. The van der Waals surface area contributed by atoms with Gasteiger partial charge in [-0.05, 0) is 24.6 Å². The lowest BCUT2D eigenvalue weighted by Gasteiger charge is -2.05. The highest BCUT2D eigenvalue weighted by Crippen LogP contribution is 2.28. The first-order chi connectivity index (χ1) is 8.95. The zero-order valence-corrected chi connectivity index (χ0v) is 9.86. The van der Waals surface area contributed by atoms with Crippen LogP contribution in [-0.4, -0.2) is 19.7 Å². The number of benzene rings is 1. The number of rotatable bonds is 1. The standard InChI is InChI=1S/C12H9F3N4/c1-7-2-9(3-8-4-17-18-11(7)8)19-5-10(16-6-19)12(13,14)15/h2-6H,1H3,(H,17,18). The summed E-state index contributed by atoms with van der Waals surface area (Å²) in [6.45, 7) is 1.87. The number of alkyl halides is 3. The molecular weight excluding hydrogens is 257 g/mol. The van der Waals surface area contributed by atoms with Crippen molar-refractivity contribution in [3.05, 3.63) is 42.1 Å². The van der Waals surface area contributed by atoms with Gasteiger partial charge in [-0.25, -0.2) is 4.98 Å². The van der Waals surface area contributed by atoms with Gasteiger partial charge in [0.2, 0.25) is 0 Å². The largest absolute Gasteiger partial charge is 0.434 e. The van der Waals surface area contributed by atoms with Gasteiger partial charge >= 0.3 is 6.18 Å². The van der Waals surface area contributed by atoms with E-state index in [1.165, 1.54) is 4.57 Å². The van der Waals surface area contributed by atoms with Gasteiger partial charge in [0.15, 0.2) is 5.69 Å². The number of hydrogen-bond donors (Lipinski definition) is 1. The summed E-state index contributed by atoms with van der Waals surface area (Å²) in [7, 11) is 0. The maximum atomic E-state index is 12.5. The van der Waals surface area contributed by atoms with Crippen LogP contribution in [0.3, 0.4) is 0 Å². The molecule has 0 fully saturated rings. The van der Waals surface area contributed by atoms with Crippen molar-refractivity contribution in [2.45, 2.75) is 13.1 Å². The predicted octanol–water partition coefficient (Wildman–Crippen LogP) is 3.08. The molecule has 2 aromatic heterocycles.